The summed E-state index contributed by atoms with van der Waals surface area (Å²) in [7, 11) is 1.26. The van der Waals surface area contributed by atoms with E-state index in [0.29, 0.717) is 31.1 Å². The summed E-state index contributed by atoms with van der Waals surface area (Å²) in [4.78, 5) is 24.9. The first-order valence-corrected chi connectivity index (χ1v) is 12.4. The topological polar surface area (TPSA) is 94.1 Å². The average molecular weight is 506 g/mol. The Bertz CT molecular complexity index is 1130. The number of esters is 1. The van der Waals surface area contributed by atoms with Crippen molar-refractivity contribution in [2.75, 3.05) is 7.11 Å². The second-order valence-electron chi connectivity index (χ2n) is 9.26. The van der Waals surface area contributed by atoms with E-state index in [1.807, 2.05) is 80.6 Å². The molecular formula is C30H35NO6. The zero-order valence-corrected chi connectivity index (χ0v) is 21.6. The lowest BCUT2D eigenvalue weighted by atomic mass is 10.0. The van der Waals surface area contributed by atoms with Crippen molar-refractivity contribution in [1.29, 1.82) is 0 Å². The van der Waals surface area contributed by atoms with Crippen molar-refractivity contribution in [3.05, 3.63) is 95.6 Å². The molecule has 0 bridgehead atoms. The molecule has 3 rings (SSSR count). The molecular weight excluding hydrogens is 470 g/mol. The van der Waals surface area contributed by atoms with Gasteiger partial charge < -0.3 is 24.6 Å². The van der Waals surface area contributed by atoms with E-state index < -0.39 is 24.0 Å². The summed E-state index contributed by atoms with van der Waals surface area (Å²) in [6, 6.07) is 24.0. The van der Waals surface area contributed by atoms with E-state index in [1.54, 1.807) is 12.1 Å². The molecule has 2 N–H and O–H groups in total. The maximum Gasteiger partial charge on any atom is 0.328 e. The van der Waals surface area contributed by atoms with Gasteiger partial charge in [-0.2, -0.15) is 0 Å². The summed E-state index contributed by atoms with van der Waals surface area (Å²) in [5.74, 6) is 0.0143. The molecule has 0 aromatic heterocycles. The predicted molar refractivity (Wildman–Crippen MR) is 141 cm³/mol. The van der Waals surface area contributed by atoms with Gasteiger partial charge >= 0.3 is 5.97 Å². The molecule has 1 amide bonds. The van der Waals surface area contributed by atoms with E-state index >= 15 is 0 Å². The fraction of sp³-hybridized carbons (Fsp3) is 0.333. The van der Waals surface area contributed by atoms with E-state index in [1.165, 1.54) is 7.11 Å². The minimum absolute atomic E-state index is 0.130. The molecule has 0 radical (unpaired) electrons. The molecule has 0 saturated heterocycles. The van der Waals surface area contributed by atoms with Crippen molar-refractivity contribution in [1.82, 2.24) is 5.32 Å². The standard InChI is InChI=1S/C30H35NO6/c1-21(2)16-26(32)29(33)31-25(30(34)35-3)17-24-14-15-27(36-19-22-10-6-4-7-11-22)28(18-24)37-20-23-12-8-5-9-13-23/h4-15,18,21,25-26,32H,16-17,19-20H2,1-3H3,(H,31,33)/t25-,26+/m1/s1. The Labute approximate surface area is 218 Å². The van der Waals surface area contributed by atoms with Gasteiger partial charge in [-0.3, -0.25) is 4.79 Å². The Morgan fingerprint density at radius 1 is 0.811 bits per heavy atom. The van der Waals surface area contributed by atoms with Crippen LogP contribution in [0.1, 0.15) is 37.0 Å². The molecule has 2 atom stereocenters. The number of nitrogens with one attached hydrogen (secondary N) is 1. The Morgan fingerprint density at radius 2 is 1.38 bits per heavy atom. The molecule has 37 heavy (non-hydrogen) atoms. The van der Waals surface area contributed by atoms with Crippen LogP contribution < -0.4 is 14.8 Å². The first kappa shape index (κ1) is 27.7. The Balaban J connectivity index is 1.79. The summed E-state index contributed by atoms with van der Waals surface area (Å²) < 4.78 is 17.1. The molecule has 3 aromatic rings. The molecule has 0 spiro atoms. The molecule has 0 unspecified atom stereocenters. The molecule has 0 fully saturated rings. The van der Waals surface area contributed by atoms with E-state index in [-0.39, 0.29) is 12.3 Å². The van der Waals surface area contributed by atoms with Gasteiger partial charge in [-0.05, 0) is 41.2 Å². The van der Waals surface area contributed by atoms with E-state index in [9.17, 15) is 14.7 Å². The number of amides is 1. The van der Waals surface area contributed by atoms with Crippen molar-refractivity contribution in [3.8, 4) is 11.5 Å². The number of hydrogen-bond donors (Lipinski definition) is 2. The lowest BCUT2D eigenvalue weighted by Gasteiger charge is -2.20. The van der Waals surface area contributed by atoms with Gasteiger partial charge in [0.1, 0.15) is 25.4 Å². The molecule has 0 heterocycles. The van der Waals surface area contributed by atoms with Crippen molar-refractivity contribution < 1.29 is 28.9 Å². The van der Waals surface area contributed by atoms with Crippen molar-refractivity contribution in [2.24, 2.45) is 5.92 Å². The first-order valence-electron chi connectivity index (χ1n) is 12.4. The second-order valence-corrected chi connectivity index (χ2v) is 9.26. The largest absolute Gasteiger partial charge is 0.485 e. The highest BCUT2D eigenvalue weighted by Crippen LogP contribution is 2.30. The van der Waals surface area contributed by atoms with Crippen molar-refractivity contribution >= 4 is 11.9 Å². The van der Waals surface area contributed by atoms with E-state index in [0.717, 1.165) is 16.7 Å². The Hall–Kier alpha value is -3.84. The van der Waals surface area contributed by atoms with Gasteiger partial charge in [-0.1, -0.05) is 80.6 Å². The van der Waals surface area contributed by atoms with Gasteiger partial charge in [0.2, 0.25) is 5.91 Å². The first-order chi connectivity index (χ1) is 17.9. The Morgan fingerprint density at radius 3 is 1.92 bits per heavy atom. The summed E-state index contributed by atoms with van der Waals surface area (Å²) in [5.41, 5.74) is 2.76. The number of carbonyl (C=O) groups is 2. The van der Waals surface area contributed by atoms with Crippen LogP contribution in [0.25, 0.3) is 0 Å². The van der Waals surface area contributed by atoms with Crippen LogP contribution in [0.3, 0.4) is 0 Å². The predicted octanol–water partition coefficient (Wildman–Crippen LogP) is 4.45. The molecule has 7 nitrogen and oxygen atoms in total. The van der Waals surface area contributed by atoms with Gasteiger partial charge in [0, 0.05) is 6.42 Å². The van der Waals surface area contributed by atoms with Gasteiger partial charge in [-0.15, -0.1) is 0 Å². The highest BCUT2D eigenvalue weighted by atomic mass is 16.5. The molecule has 7 heteroatoms. The number of ether oxygens (including phenoxy) is 3. The van der Waals surface area contributed by atoms with Gasteiger partial charge in [0.25, 0.3) is 0 Å². The van der Waals surface area contributed by atoms with Crippen LogP contribution in [0.15, 0.2) is 78.9 Å². The minimum Gasteiger partial charge on any atom is -0.485 e. The SMILES string of the molecule is COC(=O)[C@@H](Cc1ccc(OCc2ccccc2)c(OCc2ccccc2)c1)NC(=O)[C@@H](O)CC(C)C. The lowest BCUT2D eigenvalue weighted by Crippen LogP contribution is -2.47. The molecule has 3 aromatic carbocycles. The number of aliphatic hydroxyl groups excluding tert-OH is 1. The third-order valence-electron chi connectivity index (χ3n) is 5.72. The monoisotopic (exact) mass is 505 g/mol. The highest BCUT2D eigenvalue weighted by molar-refractivity contribution is 5.87. The van der Waals surface area contributed by atoms with Crippen molar-refractivity contribution in [2.45, 2.75) is 52.0 Å². The maximum atomic E-state index is 12.5. The van der Waals surface area contributed by atoms with Crippen LogP contribution >= 0.6 is 0 Å². The molecule has 0 saturated carbocycles. The third kappa shape index (κ3) is 8.95. The van der Waals surface area contributed by atoms with Crippen LogP contribution in [0, 0.1) is 5.92 Å². The number of carbonyl (C=O) groups excluding carboxylic acids is 2. The van der Waals surface area contributed by atoms with Crippen LogP contribution in [0.4, 0.5) is 0 Å². The maximum absolute atomic E-state index is 12.5. The van der Waals surface area contributed by atoms with Crippen LogP contribution in [0.2, 0.25) is 0 Å². The summed E-state index contributed by atoms with van der Waals surface area (Å²) in [6.07, 6.45) is -0.747. The summed E-state index contributed by atoms with van der Waals surface area (Å²) in [6.45, 7) is 4.53. The fourth-order valence-electron chi connectivity index (χ4n) is 3.77. The minimum atomic E-state index is -1.20. The van der Waals surface area contributed by atoms with Gasteiger partial charge in [0.05, 0.1) is 7.11 Å². The number of rotatable bonds is 13. The van der Waals surface area contributed by atoms with Gasteiger partial charge in [-0.25, -0.2) is 4.79 Å². The zero-order chi connectivity index (χ0) is 26.6. The number of hydrogen-bond acceptors (Lipinski definition) is 6. The zero-order valence-electron chi connectivity index (χ0n) is 21.6. The smallest absolute Gasteiger partial charge is 0.328 e. The summed E-state index contributed by atoms with van der Waals surface area (Å²) in [5, 5.41) is 12.8. The lowest BCUT2D eigenvalue weighted by molar-refractivity contribution is -0.146. The van der Waals surface area contributed by atoms with Gasteiger partial charge in [0.15, 0.2) is 11.5 Å². The Kier molecular flexibility index (Phi) is 10.5. The number of benzene rings is 3. The van der Waals surface area contributed by atoms with Crippen LogP contribution in [-0.2, 0) is 34.0 Å². The van der Waals surface area contributed by atoms with Crippen LogP contribution in [-0.4, -0.2) is 36.2 Å². The third-order valence-corrected chi connectivity index (χ3v) is 5.72. The number of methoxy groups -OCH3 is 1. The summed E-state index contributed by atoms with van der Waals surface area (Å²) >= 11 is 0. The fourth-order valence-corrected chi connectivity index (χ4v) is 3.77. The number of aliphatic hydroxyl groups is 1. The molecule has 0 aliphatic carbocycles. The molecule has 0 aliphatic rings. The van der Waals surface area contributed by atoms with Crippen LogP contribution in [0.5, 0.6) is 11.5 Å². The normalized spacial score (nSPS) is 12.5. The van der Waals surface area contributed by atoms with E-state index in [4.69, 9.17) is 14.2 Å². The highest BCUT2D eigenvalue weighted by Gasteiger charge is 2.26. The van der Waals surface area contributed by atoms with E-state index in [2.05, 4.69) is 5.32 Å². The molecule has 0 aliphatic heterocycles. The quantitative estimate of drug-likeness (QED) is 0.333. The van der Waals surface area contributed by atoms with Crippen molar-refractivity contribution in [3.63, 3.8) is 0 Å². The molecule has 196 valence electrons. The average Bonchev–Trinajstić information content (AvgIpc) is 2.91. The second kappa shape index (κ2) is 14.0.